The Morgan fingerprint density at radius 1 is 1.37 bits per heavy atom. The van der Waals surface area contributed by atoms with Crippen molar-refractivity contribution in [1.82, 2.24) is 20.1 Å². The topological polar surface area (TPSA) is 70.1 Å². The summed E-state index contributed by atoms with van der Waals surface area (Å²) in [7, 11) is 1.80. The number of amides is 1. The summed E-state index contributed by atoms with van der Waals surface area (Å²) in [6.45, 7) is 8.70. The molecule has 0 radical (unpaired) electrons. The highest BCUT2D eigenvalue weighted by molar-refractivity contribution is 14.0. The van der Waals surface area contributed by atoms with Gasteiger partial charge in [0.05, 0.1) is 17.2 Å². The number of ether oxygens (including phenoxy) is 1. The third-order valence-electron chi connectivity index (χ3n) is 4.80. The van der Waals surface area contributed by atoms with Gasteiger partial charge in [-0.25, -0.2) is 4.98 Å². The molecule has 2 fully saturated rings. The first-order chi connectivity index (χ1) is 12.6. The number of nitrogens with zero attached hydrogens (tertiary/aromatic N) is 4. The van der Waals surface area contributed by atoms with Crippen LogP contribution in [0.1, 0.15) is 43.3 Å². The van der Waals surface area contributed by atoms with Gasteiger partial charge in [0, 0.05) is 51.1 Å². The maximum atomic E-state index is 12.4. The summed E-state index contributed by atoms with van der Waals surface area (Å²) >= 11 is 1.71. The zero-order valence-electron chi connectivity index (χ0n) is 16.3. The van der Waals surface area contributed by atoms with Crippen molar-refractivity contribution >= 4 is 47.2 Å². The number of aromatic nitrogens is 1. The number of hydrogen-bond donors (Lipinski definition) is 1. The predicted octanol–water partition coefficient (Wildman–Crippen LogP) is 2.28. The van der Waals surface area contributed by atoms with E-state index >= 15 is 0 Å². The summed E-state index contributed by atoms with van der Waals surface area (Å²) in [5.41, 5.74) is 1.05. The molecule has 152 valence electrons. The fourth-order valence-corrected chi connectivity index (χ4v) is 4.12. The molecule has 1 unspecified atom stereocenters. The van der Waals surface area contributed by atoms with E-state index in [4.69, 9.17) is 4.74 Å². The summed E-state index contributed by atoms with van der Waals surface area (Å²) in [5.74, 6) is 1.48. The Bertz CT molecular complexity index is 637. The zero-order valence-corrected chi connectivity index (χ0v) is 19.5. The van der Waals surface area contributed by atoms with Gasteiger partial charge in [-0.2, -0.15) is 0 Å². The van der Waals surface area contributed by atoms with E-state index in [9.17, 15) is 4.79 Å². The molecule has 1 N–H and O–H groups in total. The van der Waals surface area contributed by atoms with Gasteiger partial charge < -0.3 is 19.9 Å². The zero-order chi connectivity index (χ0) is 18.5. The number of halogens is 1. The lowest BCUT2D eigenvalue weighted by Gasteiger charge is -2.37. The molecule has 0 saturated carbocycles. The number of carbonyl (C=O) groups is 1. The van der Waals surface area contributed by atoms with E-state index in [0.717, 1.165) is 42.6 Å². The third-order valence-corrected chi connectivity index (χ3v) is 5.99. The molecule has 27 heavy (non-hydrogen) atoms. The van der Waals surface area contributed by atoms with Gasteiger partial charge in [0.2, 0.25) is 0 Å². The molecule has 1 atom stereocenters. The van der Waals surface area contributed by atoms with Crippen molar-refractivity contribution in [2.75, 3.05) is 39.8 Å². The van der Waals surface area contributed by atoms with Gasteiger partial charge in [-0.1, -0.05) is 13.8 Å². The van der Waals surface area contributed by atoms with Crippen LogP contribution in [0.25, 0.3) is 0 Å². The predicted molar refractivity (Wildman–Crippen MR) is 119 cm³/mol. The van der Waals surface area contributed by atoms with E-state index in [-0.39, 0.29) is 36.0 Å². The largest absolute Gasteiger partial charge is 0.368 e. The summed E-state index contributed by atoms with van der Waals surface area (Å²) in [6.07, 6.45) is 1.62. The monoisotopic (exact) mass is 507 g/mol. The number of thiazole rings is 1. The summed E-state index contributed by atoms with van der Waals surface area (Å²) in [4.78, 5) is 25.6. The third kappa shape index (κ3) is 5.77. The highest BCUT2D eigenvalue weighted by Gasteiger charge is 2.30. The van der Waals surface area contributed by atoms with Crippen LogP contribution in [0.3, 0.4) is 0 Å². The Hall–Kier alpha value is -0.940. The lowest BCUT2D eigenvalue weighted by molar-refractivity contribution is -0.142. The fraction of sp³-hybridized carbons (Fsp3) is 0.722. The van der Waals surface area contributed by atoms with Crippen LogP contribution in [0, 0.1) is 0 Å². The van der Waals surface area contributed by atoms with E-state index < -0.39 is 0 Å². The number of aliphatic imine (C=N–C) groups is 1. The normalized spacial score (nSPS) is 20.7. The van der Waals surface area contributed by atoms with Crippen LogP contribution in [0.2, 0.25) is 0 Å². The second-order valence-corrected chi connectivity index (χ2v) is 7.94. The van der Waals surface area contributed by atoms with Gasteiger partial charge in [-0.05, 0) is 12.8 Å². The Balaban J connectivity index is 0.00000261. The molecule has 0 bridgehead atoms. The molecule has 7 nitrogen and oxygen atoms in total. The first-order valence-corrected chi connectivity index (χ1v) is 10.3. The van der Waals surface area contributed by atoms with E-state index in [1.165, 1.54) is 0 Å². The van der Waals surface area contributed by atoms with Crippen molar-refractivity contribution < 1.29 is 9.53 Å². The van der Waals surface area contributed by atoms with Crippen LogP contribution in [0.4, 0.5) is 0 Å². The SMILES string of the molecule is CN=C(NCc1csc(C(C)C)n1)N1CCN(C(=O)C2CCCO2)CC1.I. The first kappa shape index (κ1) is 22.4. The molecular weight excluding hydrogens is 477 g/mol. The van der Waals surface area contributed by atoms with E-state index in [1.807, 2.05) is 4.90 Å². The van der Waals surface area contributed by atoms with Crippen molar-refractivity contribution in [3.05, 3.63) is 16.1 Å². The lowest BCUT2D eigenvalue weighted by Crippen LogP contribution is -2.55. The van der Waals surface area contributed by atoms with Crippen molar-refractivity contribution in [3.8, 4) is 0 Å². The Morgan fingerprint density at radius 2 is 2.07 bits per heavy atom. The fourth-order valence-electron chi connectivity index (χ4n) is 3.29. The minimum Gasteiger partial charge on any atom is -0.368 e. The van der Waals surface area contributed by atoms with Crippen LogP contribution < -0.4 is 5.32 Å². The second kappa shape index (κ2) is 10.6. The molecule has 1 amide bonds. The van der Waals surface area contributed by atoms with Gasteiger partial charge in [0.1, 0.15) is 6.10 Å². The minimum absolute atomic E-state index is 0. The van der Waals surface area contributed by atoms with E-state index in [2.05, 4.69) is 39.4 Å². The number of rotatable bonds is 4. The summed E-state index contributed by atoms with van der Waals surface area (Å²) in [6, 6.07) is 0. The molecule has 2 saturated heterocycles. The lowest BCUT2D eigenvalue weighted by atomic mass is 10.2. The quantitative estimate of drug-likeness (QED) is 0.385. The van der Waals surface area contributed by atoms with Gasteiger partial charge in [-0.15, -0.1) is 35.3 Å². The van der Waals surface area contributed by atoms with Crippen LogP contribution >= 0.6 is 35.3 Å². The average Bonchev–Trinajstić information content (AvgIpc) is 3.34. The van der Waals surface area contributed by atoms with Gasteiger partial charge in [0.25, 0.3) is 5.91 Å². The standard InChI is InChI=1S/C18H29N5O2S.HI/c1-13(2)16-21-14(12-26-16)11-20-18(19-3)23-8-6-22(7-9-23)17(24)15-5-4-10-25-15;/h12-13,15H,4-11H2,1-3H3,(H,19,20);1H. The van der Waals surface area contributed by atoms with E-state index in [0.29, 0.717) is 32.2 Å². The smallest absolute Gasteiger partial charge is 0.251 e. The molecule has 3 rings (SSSR count). The van der Waals surface area contributed by atoms with Crippen LogP contribution in [0.5, 0.6) is 0 Å². The molecule has 9 heteroatoms. The van der Waals surface area contributed by atoms with Crippen molar-refractivity contribution in [3.63, 3.8) is 0 Å². The van der Waals surface area contributed by atoms with Crippen LogP contribution in [-0.4, -0.2) is 72.6 Å². The number of carbonyl (C=O) groups excluding carboxylic acids is 1. The van der Waals surface area contributed by atoms with Gasteiger partial charge in [-0.3, -0.25) is 9.79 Å². The maximum absolute atomic E-state index is 12.4. The number of guanidine groups is 1. The molecule has 2 aliphatic rings. The molecule has 1 aromatic heterocycles. The van der Waals surface area contributed by atoms with Crippen molar-refractivity contribution in [2.24, 2.45) is 4.99 Å². The summed E-state index contributed by atoms with van der Waals surface area (Å²) < 4.78 is 5.52. The highest BCUT2D eigenvalue weighted by atomic mass is 127. The Kier molecular flexibility index (Phi) is 8.74. The van der Waals surface area contributed by atoms with Gasteiger partial charge >= 0.3 is 0 Å². The molecule has 3 heterocycles. The Morgan fingerprint density at radius 3 is 2.63 bits per heavy atom. The second-order valence-electron chi connectivity index (χ2n) is 7.05. The molecule has 2 aliphatic heterocycles. The molecular formula is C18H30IN5O2S. The molecule has 0 aromatic carbocycles. The Labute approximate surface area is 182 Å². The van der Waals surface area contributed by atoms with Crippen LogP contribution in [0.15, 0.2) is 10.4 Å². The maximum Gasteiger partial charge on any atom is 0.251 e. The molecule has 1 aromatic rings. The number of piperazine rings is 1. The van der Waals surface area contributed by atoms with Crippen LogP contribution in [-0.2, 0) is 16.1 Å². The van der Waals surface area contributed by atoms with Crippen molar-refractivity contribution in [1.29, 1.82) is 0 Å². The minimum atomic E-state index is -0.223. The van der Waals surface area contributed by atoms with Gasteiger partial charge in [0.15, 0.2) is 5.96 Å². The number of nitrogens with one attached hydrogen (secondary N) is 1. The average molecular weight is 507 g/mol. The van der Waals surface area contributed by atoms with Crippen molar-refractivity contribution in [2.45, 2.75) is 45.3 Å². The number of hydrogen-bond acceptors (Lipinski definition) is 5. The van der Waals surface area contributed by atoms with E-state index in [1.54, 1.807) is 18.4 Å². The first-order valence-electron chi connectivity index (χ1n) is 9.38. The molecule has 0 aliphatic carbocycles. The molecule has 0 spiro atoms. The highest BCUT2D eigenvalue weighted by Crippen LogP contribution is 2.19. The summed E-state index contributed by atoms with van der Waals surface area (Å²) in [5, 5.41) is 6.67.